The molecule has 0 fully saturated rings. The summed E-state index contributed by atoms with van der Waals surface area (Å²) in [6, 6.07) is 3.40. The maximum atomic E-state index is 11.9. The van der Waals surface area contributed by atoms with Crippen molar-refractivity contribution < 1.29 is 27.4 Å². The van der Waals surface area contributed by atoms with E-state index in [1.165, 1.54) is 0 Å². The van der Waals surface area contributed by atoms with Crippen LogP contribution in [0.25, 0.3) is 0 Å². The lowest BCUT2D eigenvalue weighted by atomic mass is 10.2. The Kier molecular flexibility index (Phi) is 6.26. The molecule has 21 heavy (non-hydrogen) atoms. The Hall–Kier alpha value is -1.50. The first-order valence-corrected chi connectivity index (χ1v) is 6.59. The molecule has 0 atom stereocenters. The summed E-state index contributed by atoms with van der Waals surface area (Å²) >= 11 is 0. The van der Waals surface area contributed by atoms with E-state index in [1.54, 1.807) is 18.3 Å². The van der Waals surface area contributed by atoms with E-state index in [1.807, 2.05) is 20.8 Å². The lowest BCUT2D eigenvalue weighted by Crippen LogP contribution is -2.24. The summed E-state index contributed by atoms with van der Waals surface area (Å²) in [6.07, 6.45) is -2.36. The highest BCUT2D eigenvalue weighted by atomic mass is 19.4. The molecule has 1 aromatic rings. The van der Waals surface area contributed by atoms with Crippen LogP contribution in [0.1, 0.15) is 27.2 Å². The number of hydrogen-bond donors (Lipinski definition) is 0. The summed E-state index contributed by atoms with van der Waals surface area (Å²) in [5, 5.41) is 0. The number of halogens is 3. The molecule has 0 aliphatic rings. The second-order valence-corrected chi connectivity index (χ2v) is 5.39. The Bertz CT molecular complexity index is 430. The van der Waals surface area contributed by atoms with Crippen molar-refractivity contribution in [1.29, 1.82) is 0 Å². The lowest BCUT2D eigenvalue weighted by molar-refractivity contribution is -0.174. The van der Waals surface area contributed by atoms with Gasteiger partial charge in [0.15, 0.2) is 5.75 Å². The van der Waals surface area contributed by atoms with Crippen molar-refractivity contribution in [1.82, 2.24) is 4.98 Å². The monoisotopic (exact) mass is 307 g/mol. The smallest absolute Gasteiger partial charge is 0.411 e. The molecule has 0 N–H and O–H groups in total. The SMILES string of the molecule is CC(C)(C)Oc1ncccc1OCCCOCC(F)(F)F. The van der Waals surface area contributed by atoms with Crippen LogP contribution in [0, 0.1) is 0 Å². The minimum Gasteiger partial charge on any atom is -0.488 e. The van der Waals surface area contributed by atoms with Crippen LogP contribution in [0.15, 0.2) is 18.3 Å². The molecular formula is C14H20F3NO3. The van der Waals surface area contributed by atoms with Gasteiger partial charge < -0.3 is 14.2 Å². The predicted octanol–water partition coefficient (Wildman–Crippen LogP) is 3.61. The maximum Gasteiger partial charge on any atom is 0.411 e. The van der Waals surface area contributed by atoms with Crippen LogP contribution >= 0.6 is 0 Å². The molecular weight excluding hydrogens is 287 g/mol. The number of nitrogens with zero attached hydrogens (tertiary/aromatic N) is 1. The average molecular weight is 307 g/mol. The third kappa shape index (κ3) is 8.39. The fourth-order valence-corrected chi connectivity index (χ4v) is 1.38. The van der Waals surface area contributed by atoms with Gasteiger partial charge in [-0.3, -0.25) is 0 Å². The zero-order valence-corrected chi connectivity index (χ0v) is 12.4. The highest BCUT2D eigenvalue weighted by molar-refractivity contribution is 5.32. The first kappa shape index (κ1) is 17.6. The highest BCUT2D eigenvalue weighted by Gasteiger charge is 2.27. The van der Waals surface area contributed by atoms with Crippen LogP contribution in [-0.2, 0) is 4.74 Å². The molecule has 0 aromatic carbocycles. The van der Waals surface area contributed by atoms with Crippen molar-refractivity contribution in [2.45, 2.75) is 39.0 Å². The molecule has 0 radical (unpaired) electrons. The van der Waals surface area contributed by atoms with Crippen LogP contribution in [0.4, 0.5) is 13.2 Å². The topological polar surface area (TPSA) is 40.6 Å². The maximum absolute atomic E-state index is 11.9. The molecule has 0 saturated carbocycles. The average Bonchev–Trinajstić information content (AvgIpc) is 2.32. The van der Waals surface area contributed by atoms with Crippen LogP contribution < -0.4 is 9.47 Å². The Morgan fingerprint density at radius 2 is 1.86 bits per heavy atom. The Balaban J connectivity index is 2.35. The number of ether oxygens (including phenoxy) is 3. The van der Waals surface area contributed by atoms with E-state index in [2.05, 4.69) is 9.72 Å². The number of aromatic nitrogens is 1. The molecule has 0 aliphatic carbocycles. The van der Waals surface area contributed by atoms with E-state index in [4.69, 9.17) is 9.47 Å². The summed E-state index contributed by atoms with van der Waals surface area (Å²) in [6.45, 7) is 4.63. The molecule has 1 aromatic heterocycles. The number of pyridine rings is 1. The van der Waals surface area contributed by atoms with Gasteiger partial charge in [-0.1, -0.05) is 0 Å². The van der Waals surface area contributed by atoms with Crippen molar-refractivity contribution in [3.05, 3.63) is 18.3 Å². The lowest BCUT2D eigenvalue weighted by Gasteiger charge is -2.21. The van der Waals surface area contributed by atoms with Crippen LogP contribution in [-0.4, -0.2) is 36.6 Å². The van der Waals surface area contributed by atoms with Crippen LogP contribution in [0.2, 0.25) is 0 Å². The standard InChI is InChI=1S/C14H20F3NO3/c1-13(2,3)21-12-11(6-4-7-18-12)20-9-5-8-19-10-14(15,16)17/h4,6-7H,5,8-10H2,1-3H3. The zero-order valence-electron chi connectivity index (χ0n) is 12.4. The van der Waals surface area contributed by atoms with Gasteiger partial charge in [-0.25, -0.2) is 4.98 Å². The molecule has 0 bridgehead atoms. The Morgan fingerprint density at radius 3 is 2.48 bits per heavy atom. The van der Waals surface area contributed by atoms with Gasteiger partial charge >= 0.3 is 6.18 Å². The quantitative estimate of drug-likeness (QED) is 0.722. The Labute approximate surface area is 122 Å². The Morgan fingerprint density at radius 1 is 1.14 bits per heavy atom. The summed E-state index contributed by atoms with van der Waals surface area (Å²) in [5.74, 6) is 0.824. The van der Waals surface area contributed by atoms with Gasteiger partial charge in [0.25, 0.3) is 5.88 Å². The minimum atomic E-state index is -4.29. The fraction of sp³-hybridized carbons (Fsp3) is 0.643. The van der Waals surface area contributed by atoms with Crippen LogP contribution in [0.3, 0.4) is 0 Å². The van der Waals surface area contributed by atoms with Crippen LogP contribution in [0.5, 0.6) is 11.6 Å². The van der Waals surface area contributed by atoms with E-state index in [0.717, 1.165) is 0 Å². The summed E-state index contributed by atoms with van der Waals surface area (Å²) in [7, 11) is 0. The molecule has 0 spiro atoms. The van der Waals surface area contributed by atoms with Gasteiger partial charge in [0, 0.05) is 12.6 Å². The van der Waals surface area contributed by atoms with Crippen molar-refractivity contribution in [2.75, 3.05) is 19.8 Å². The molecule has 0 amide bonds. The second-order valence-electron chi connectivity index (χ2n) is 5.39. The molecule has 1 heterocycles. The molecule has 120 valence electrons. The third-order valence-corrected chi connectivity index (χ3v) is 2.10. The molecule has 1 rings (SSSR count). The van der Waals surface area contributed by atoms with Crippen molar-refractivity contribution in [3.8, 4) is 11.6 Å². The van der Waals surface area contributed by atoms with Gasteiger partial charge in [-0.2, -0.15) is 13.2 Å². The van der Waals surface area contributed by atoms with Gasteiger partial charge in [-0.05, 0) is 32.9 Å². The van der Waals surface area contributed by atoms with E-state index < -0.39 is 18.4 Å². The molecule has 7 heteroatoms. The zero-order chi connectivity index (χ0) is 15.9. The predicted molar refractivity (Wildman–Crippen MR) is 71.6 cm³/mol. The van der Waals surface area contributed by atoms with Gasteiger partial charge in [0.05, 0.1) is 13.2 Å². The van der Waals surface area contributed by atoms with Gasteiger partial charge in [0.1, 0.15) is 12.2 Å². The van der Waals surface area contributed by atoms with E-state index in [9.17, 15) is 13.2 Å². The number of rotatable bonds is 7. The molecule has 4 nitrogen and oxygen atoms in total. The second kappa shape index (κ2) is 7.49. The first-order valence-electron chi connectivity index (χ1n) is 6.59. The van der Waals surface area contributed by atoms with E-state index >= 15 is 0 Å². The van der Waals surface area contributed by atoms with Crippen molar-refractivity contribution in [3.63, 3.8) is 0 Å². The van der Waals surface area contributed by atoms with Gasteiger partial charge in [0.2, 0.25) is 0 Å². The first-order chi connectivity index (χ1) is 9.67. The summed E-state index contributed by atoms with van der Waals surface area (Å²) in [4.78, 5) is 4.08. The third-order valence-electron chi connectivity index (χ3n) is 2.10. The molecule has 0 aliphatic heterocycles. The molecule has 0 saturated heterocycles. The summed E-state index contributed by atoms with van der Waals surface area (Å²) in [5.41, 5.74) is -0.414. The number of hydrogen-bond acceptors (Lipinski definition) is 4. The van der Waals surface area contributed by atoms with E-state index in [0.29, 0.717) is 18.1 Å². The normalized spacial score (nSPS) is 12.3. The van der Waals surface area contributed by atoms with Crippen molar-refractivity contribution in [2.24, 2.45) is 0 Å². The number of alkyl halides is 3. The highest BCUT2D eigenvalue weighted by Crippen LogP contribution is 2.27. The minimum absolute atomic E-state index is 0.0186. The van der Waals surface area contributed by atoms with Crippen molar-refractivity contribution >= 4 is 0 Å². The fourth-order valence-electron chi connectivity index (χ4n) is 1.38. The summed E-state index contributed by atoms with van der Waals surface area (Å²) < 4.78 is 51.2. The molecule has 0 unspecified atom stereocenters. The van der Waals surface area contributed by atoms with E-state index in [-0.39, 0.29) is 13.2 Å². The van der Waals surface area contributed by atoms with Gasteiger partial charge in [-0.15, -0.1) is 0 Å². The largest absolute Gasteiger partial charge is 0.488 e.